The van der Waals surface area contributed by atoms with Crippen molar-refractivity contribution in [2.75, 3.05) is 47.5 Å². The van der Waals surface area contributed by atoms with E-state index in [1.165, 1.54) is 0 Å². The third-order valence-corrected chi connectivity index (χ3v) is 4.18. The van der Waals surface area contributed by atoms with Gasteiger partial charge in [0.2, 0.25) is 0 Å². The van der Waals surface area contributed by atoms with Gasteiger partial charge in [0.1, 0.15) is 11.4 Å². The first-order valence-electron chi connectivity index (χ1n) is 9.25. The Labute approximate surface area is 179 Å². The zero-order chi connectivity index (χ0) is 21.6. The minimum atomic E-state index is -0.361. The quantitative estimate of drug-likeness (QED) is 0.681. The molecule has 0 radical (unpaired) electrons. The van der Waals surface area contributed by atoms with Gasteiger partial charge in [-0.15, -0.1) is 0 Å². The number of likely N-dealkylation sites (N-methyl/N-ethyl adjacent to an activating group) is 1. The topological polar surface area (TPSA) is 60.0 Å². The predicted molar refractivity (Wildman–Crippen MR) is 116 cm³/mol. The highest BCUT2D eigenvalue weighted by molar-refractivity contribution is 6.42. The Kier molecular flexibility index (Phi) is 14.1. The van der Waals surface area contributed by atoms with Crippen LogP contribution in [0.25, 0.3) is 0 Å². The lowest BCUT2D eigenvalue weighted by Crippen LogP contribution is -2.34. The molecule has 1 aromatic carbocycles. The summed E-state index contributed by atoms with van der Waals surface area (Å²) in [6.45, 7) is 9.12. The lowest BCUT2D eigenvalue weighted by molar-refractivity contribution is 0.0295. The van der Waals surface area contributed by atoms with E-state index in [9.17, 15) is 4.79 Å². The molecule has 0 aromatic heterocycles. The number of nitrogens with zero attached hydrogens (tertiary/aromatic N) is 1. The third kappa shape index (κ3) is 13.0. The first kappa shape index (κ1) is 26.8. The summed E-state index contributed by atoms with van der Waals surface area (Å²) < 4.78 is 14.8. The van der Waals surface area contributed by atoms with Gasteiger partial charge in [-0.3, -0.25) is 0 Å². The van der Waals surface area contributed by atoms with Crippen LogP contribution in [-0.4, -0.2) is 64.1 Å². The highest BCUT2D eigenvalue weighted by Crippen LogP contribution is 2.25. The summed E-state index contributed by atoms with van der Waals surface area (Å²) in [5, 5.41) is 4.00. The minimum absolute atomic E-state index is 0.167. The van der Waals surface area contributed by atoms with Gasteiger partial charge < -0.3 is 24.4 Å². The monoisotopic (exact) mass is 436 g/mol. The Morgan fingerprint density at radius 1 is 1.14 bits per heavy atom. The summed E-state index contributed by atoms with van der Waals surface area (Å²) in [6.07, 6.45) is 2.05. The van der Waals surface area contributed by atoms with Gasteiger partial charge >= 0.3 is 6.09 Å². The second-order valence-electron chi connectivity index (χ2n) is 7.05. The van der Waals surface area contributed by atoms with Gasteiger partial charge in [-0.05, 0) is 52.8 Å². The van der Waals surface area contributed by atoms with Gasteiger partial charge in [0, 0.05) is 32.8 Å². The van der Waals surface area contributed by atoms with Crippen LogP contribution >= 0.6 is 23.2 Å². The van der Waals surface area contributed by atoms with Crippen molar-refractivity contribution in [3.63, 3.8) is 0 Å². The normalized spacial score (nSPS) is 13.1. The van der Waals surface area contributed by atoms with Crippen molar-refractivity contribution >= 4 is 29.3 Å². The molecule has 1 aliphatic rings. The molecule has 162 valence electrons. The van der Waals surface area contributed by atoms with Crippen LogP contribution in [0.4, 0.5) is 4.79 Å². The molecule has 0 atom stereocenters. The molecular weight excluding hydrogens is 403 g/mol. The number of carbonyl (C=O) groups excluding carboxylic acids is 1. The fraction of sp³-hybridized carbons (Fsp3) is 0.650. The first-order chi connectivity index (χ1) is 13.1. The molecule has 1 heterocycles. The summed E-state index contributed by atoms with van der Waals surface area (Å²) in [5.74, 6) is 0.717. The van der Waals surface area contributed by atoms with Gasteiger partial charge in [-0.1, -0.05) is 23.2 Å². The predicted octanol–water partition coefficient (Wildman–Crippen LogP) is 4.87. The molecule has 1 aliphatic heterocycles. The molecule has 1 N–H and O–H groups in total. The van der Waals surface area contributed by atoms with Crippen molar-refractivity contribution in [3.8, 4) is 5.75 Å². The van der Waals surface area contributed by atoms with E-state index in [1.54, 1.807) is 37.3 Å². The molecule has 0 saturated carbocycles. The Morgan fingerprint density at radius 2 is 1.75 bits per heavy atom. The number of amides is 1. The van der Waals surface area contributed by atoms with Crippen molar-refractivity contribution in [3.05, 3.63) is 28.2 Å². The Morgan fingerprint density at radius 3 is 2.14 bits per heavy atom. The summed E-state index contributed by atoms with van der Waals surface area (Å²) in [4.78, 5) is 13.1. The molecular formula is C20H34Cl2N2O4. The van der Waals surface area contributed by atoms with Crippen molar-refractivity contribution in [1.29, 1.82) is 0 Å². The van der Waals surface area contributed by atoms with E-state index in [1.807, 2.05) is 27.8 Å². The summed E-state index contributed by atoms with van der Waals surface area (Å²) >= 11 is 11.3. The molecule has 1 amide bonds. The van der Waals surface area contributed by atoms with Crippen LogP contribution in [0.5, 0.6) is 5.75 Å². The fourth-order valence-electron chi connectivity index (χ4n) is 2.03. The molecule has 0 spiro atoms. The second kappa shape index (κ2) is 14.7. The molecule has 0 bridgehead atoms. The van der Waals surface area contributed by atoms with Gasteiger partial charge in [-0.2, -0.15) is 0 Å². The van der Waals surface area contributed by atoms with Crippen LogP contribution in [0.2, 0.25) is 10.0 Å². The molecule has 2 rings (SSSR count). The van der Waals surface area contributed by atoms with E-state index in [-0.39, 0.29) is 11.7 Å². The number of benzene rings is 1. The highest BCUT2D eigenvalue weighted by Gasteiger charge is 2.23. The van der Waals surface area contributed by atoms with Crippen LogP contribution < -0.4 is 10.1 Å². The number of rotatable bonds is 4. The third-order valence-electron chi connectivity index (χ3n) is 3.44. The number of hydrogen-bond acceptors (Lipinski definition) is 5. The Balaban J connectivity index is 0.000000414. The van der Waals surface area contributed by atoms with Crippen molar-refractivity contribution in [1.82, 2.24) is 10.2 Å². The number of halogens is 2. The molecule has 6 nitrogen and oxygen atoms in total. The van der Waals surface area contributed by atoms with E-state index < -0.39 is 0 Å². The highest BCUT2D eigenvalue weighted by atomic mass is 35.5. The van der Waals surface area contributed by atoms with Gasteiger partial charge in [0.05, 0.1) is 23.8 Å². The number of ether oxygens (including phenoxy) is 3. The summed E-state index contributed by atoms with van der Waals surface area (Å²) in [5.41, 5.74) is -0.361. The second-order valence-corrected chi connectivity index (χ2v) is 7.87. The number of methoxy groups -OCH3 is 2. The average molecular weight is 437 g/mol. The zero-order valence-electron chi connectivity index (χ0n) is 17.8. The van der Waals surface area contributed by atoms with Crippen LogP contribution in [0.15, 0.2) is 18.2 Å². The molecule has 1 aromatic rings. The smallest absolute Gasteiger partial charge is 0.410 e. The van der Waals surface area contributed by atoms with Crippen molar-refractivity contribution in [2.45, 2.75) is 39.2 Å². The molecule has 0 aliphatic carbocycles. The summed E-state index contributed by atoms with van der Waals surface area (Å²) in [6, 6.07) is 5.13. The summed E-state index contributed by atoms with van der Waals surface area (Å²) in [7, 11) is 5.18. The Bertz CT molecular complexity index is 556. The maximum Gasteiger partial charge on any atom is 0.410 e. The van der Waals surface area contributed by atoms with E-state index >= 15 is 0 Å². The number of nitrogens with one attached hydrogen (secondary N) is 1. The maximum absolute atomic E-state index is 11.4. The van der Waals surface area contributed by atoms with Crippen LogP contribution in [0, 0.1) is 0 Å². The Hall–Kier alpha value is -1.21. The van der Waals surface area contributed by atoms with Crippen molar-refractivity contribution < 1.29 is 19.0 Å². The molecule has 8 heteroatoms. The first-order valence-corrected chi connectivity index (χ1v) is 10.0. The zero-order valence-corrected chi connectivity index (χ0v) is 19.3. The fourth-order valence-corrected chi connectivity index (χ4v) is 2.32. The molecule has 0 unspecified atom stereocenters. The van der Waals surface area contributed by atoms with Gasteiger partial charge in [0.25, 0.3) is 0 Å². The standard InChI is InChI=1S/C9H17NO2.C7H6Cl2O.C4H11NO/c1-9(2,3)12-8(11)10-6-4-5-7-10;1-10-5-2-3-6(8)7(9)4-5;1-5-3-4-6-2/h4-7H2,1-3H3;2-4H,1H3;5H,3-4H2,1-2H3. The van der Waals surface area contributed by atoms with Crippen LogP contribution in [0.3, 0.4) is 0 Å². The average Bonchev–Trinajstić information content (AvgIpc) is 3.17. The van der Waals surface area contributed by atoms with Gasteiger partial charge in [0.15, 0.2) is 0 Å². The minimum Gasteiger partial charge on any atom is -0.497 e. The van der Waals surface area contributed by atoms with E-state index in [4.69, 9.17) is 37.4 Å². The lowest BCUT2D eigenvalue weighted by Gasteiger charge is -2.23. The number of carbonyl (C=O) groups is 1. The van der Waals surface area contributed by atoms with E-state index in [0.29, 0.717) is 10.0 Å². The number of hydrogen-bond donors (Lipinski definition) is 1. The molecule has 28 heavy (non-hydrogen) atoms. The lowest BCUT2D eigenvalue weighted by atomic mass is 10.2. The largest absolute Gasteiger partial charge is 0.497 e. The SMILES string of the molecule is CC(C)(C)OC(=O)N1CCCC1.CNCCOC.COc1ccc(Cl)c(Cl)c1. The van der Waals surface area contributed by atoms with Crippen molar-refractivity contribution in [2.24, 2.45) is 0 Å². The number of likely N-dealkylation sites (tertiary alicyclic amines) is 1. The van der Waals surface area contributed by atoms with E-state index in [2.05, 4.69) is 5.32 Å². The van der Waals surface area contributed by atoms with E-state index in [0.717, 1.165) is 44.8 Å². The van der Waals surface area contributed by atoms with Crippen LogP contribution in [0.1, 0.15) is 33.6 Å². The van der Waals surface area contributed by atoms with Crippen LogP contribution in [-0.2, 0) is 9.47 Å². The van der Waals surface area contributed by atoms with Gasteiger partial charge in [-0.25, -0.2) is 4.79 Å². The molecule has 1 fully saturated rings. The maximum atomic E-state index is 11.4. The molecule has 1 saturated heterocycles.